The lowest BCUT2D eigenvalue weighted by molar-refractivity contribution is 0.0507. The normalized spacial score (nSPS) is 16.3. The van der Waals surface area contributed by atoms with E-state index in [2.05, 4.69) is 5.10 Å². The molecule has 0 spiro atoms. The predicted molar refractivity (Wildman–Crippen MR) is 62.6 cm³/mol. The van der Waals surface area contributed by atoms with Crippen molar-refractivity contribution in [2.75, 3.05) is 6.61 Å². The Balaban J connectivity index is 2.31. The zero-order chi connectivity index (χ0) is 13.3. The molecule has 6 heteroatoms. The highest BCUT2D eigenvalue weighted by Gasteiger charge is 2.32. The van der Waals surface area contributed by atoms with Crippen molar-refractivity contribution in [3.05, 3.63) is 17.5 Å². The Morgan fingerprint density at radius 2 is 2.28 bits per heavy atom. The van der Waals surface area contributed by atoms with Gasteiger partial charge < -0.3 is 9.84 Å². The average Bonchev–Trinajstić information content (AvgIpc) is 3.06. The summed E-state index contributed by atoms with van der Waals surface area (Å²) in [5.41, 5.74) is -0.210. The Labute approximate surface area is 105 Å². The minimum atomic E-state index is -1.16. The van der Waals surface area contributed by atoms with Crippen LogP contribution >= 0.6 is 0 Å². The SMILES string of the molecule is CCOC(=O)c1nn(C(C)C2CC2)cc1C(=O)O. The van der Waals surface area contributed by atoms with Crippen LogP contribution < -0.4 is 0 Å². The van der Waals surface area contributed by atoms with Gasteiger partial charge in [0.2, 0.25) is 0 Å². The summed E-state index contributed by atoms with van der Waals surface area (Å²) in [5, 5.41) is 13.1. The van der Waals surface area contributed by atoms with Gasteiger partial charge in [-0.15, -0.1) is 0 Å². The molecule has 98 valence electrons. The fourth-order valence-electron chi connectivity index (χ4n) is 1.90. The monoisotopic (exact) mass is 252 g/mol. The van der Waals surface area contributed by atoms with Crippen molar-refractivity contribution < 1.29 is 19.4 Å². The molecule has 1 unspecified atom stereocenters. The summed E-state index contributed by atoms with van der Waals surface area (Å²) in [6.45, 7) is 3.84. The maximum Gasteiger partial charge on any atom is 0.359 e. The van der Waals surface area contributed by atoms with Crippen molar-refractivity contribution >= 4 is 11.9 Å². The number of nitrogens with zero attached hydrogens (tertiary/aromatic N) is 2. The number of ether oxygens (including phenoxy) is 1. The lowest BCUT2D eigenvalue weighted by Crippen LogP contribution is -2.12. The molecule has 18 heavy (non-hydrogen) atoms. The average molecular weight is 252 g/mol. The first-order valence-corrected chi connectivity index (χ1v) is 6.04. The third-order valence-corrected chi connectivity index (χ3v) is 3.15. The second kappa shape index (κ2) is 4.80. The first kappa shape index (κ1) is 12.6. The van der Waals surface area contributed by atoms with E-state index >= 15 is 0 Å². The van der Waals surface area contributed by atoms with Gasteiger partial charge in [-0.3, -0.25) is 4.68 Å². The highest BCUT2D eigenvalue weighted by Crippen LogP contribution is 2.39. The van der Waals surface area contributed by atoms with Crippen LogP contribution in [0.3, 0.4) is 0 Å². The highest BCUT2D eigenvalue weighted by molar-refractivity contribution is 6.00. The number of carboxylic acid groups (broad SMARTS) is 1. The second-order valence-electron chi connectivity index (χ2n) is 4.48. The first-order valence-electron chi connectivity index (χ1n) is 6.04. The van der Waals surface area contributed by atoms with Gasteiger partial charge in [0, 0.05) is 6.20 Å². The van der Waals surface area contributed by atoms with Crippen molar-refractivity contribution in [2.45, 2.75) is 32.7 Å². The molecule has 1 atom stereocenters. The number of carbonyl (C=O) groups is 2. The molecule has 1 aromatic rings. The van der Waals surface area contributed by atoms with Crippen molar-refractivity contribution in [1.82, 2.24) is 9.78 Å². The number of aromatic carboxylic acids is 1. The van der Waals surface area contributed by atoms with Crippen LogP contribution in [0.4, 0.5) is 0 Å². The minimum absolute atomic E-state index is 0.0963. The van der Waals surface area contributed by atoms with Crippen molar-refractivity contribution in [3.63, 3.8) is 0 Å². The molecule has 0 saturated heterocycles. The molecule has 6 nitrogen and oxygen atoms in total. The Morgan fingerprint density at radius 1 is 1.61 bits per heavy atom. The van der Waals surface area contributed by atoms with E-state index in [0.717, 1.165) is 12.8 Å². The Kier molecular flexibility index (Phi) is 3.36. The van der Waals surface area contributed by atoms with Crippen LogP contribution in [0.15, 0.2) is 6.20 Å². The van der Waals surface area contributed by atoms with Gasteiger partial charge >= 0.3 is 11.9 Å². The lowest BCUT2D eigenvalue weighted by atomic mass is 10.2. The number of hydrogen-bond acceptors (Lipinski definition) is 4. The lowest BCUT2D eigenvalue weighted by Gasteiger charge is -2.09. The number of esters is 1. The third kappa shape index (κ3) is 2.37. The predicted octanol–water partition coefficient (Wildman–Crippen LogP) is 1.73. The van der Waals surface area contributed by atoms with Crippen LogP contribution in [0.25, 0.3) is 0 Å². The highest BCUT2D eigenvalue weighted by atomic mass is 16.5. The largest absolute Gasteiger partial charge is 0.478 e. The molecule has 1 saturated carbocycles. The van der Waals surface area contributed by atoms with Gasteiger partial charge in [-0.05, 0) is 32.6 Å². The number of carbonyl (C=O) groups excluding carboxylic acids is 1. The quantitative estimate of drug-likeness (QED) is 0.807. The number of aromatic nitrogens is 2. The van der Waals surface area contributed by atoms with Gasteiger partial charge in [0.05, 0.1) is 12.6 Å². The summed E-state index contributed by atoms with van der Waals surface area (Å²) < 4.78 is 6.37. The molecule has 1 aliphatic rings. The zero-order valence-electron chi connectivity index (χ0n) is 10.4. The molecule has 1 aromatic heterocycles. The third-order valence-electron chi connectivity index (χ3n) is 3.15. The molecule has 1 fully saturated rings. The van der Waals surface area contributed by atoms with E-state index in [4.69, 9.17) is 9.84 Å². The Hall–Kier alpha value is -1.85. The molecule has 0 aromatic carbocycles. The van der Waals surface area contributed by atoms with Gasteiger partial charge in [-0.25, -0.2) is 9.59 Å². The Bertz CT molecular complexity index is 476. The fraction of sp³-hybridized carbons (Fsp3) is 0.583. The van der Waals surface area contributed by atoms with Gasteiger partial charge in [-0.2, -0.15) is 5.10 Å². The van der Waals surface area contributed by atoms with Crippen LogP contribution in [0.2, 0.25) is 0 Å². The van der Waals surface area contributed by atoms with E-state index in [1.807, 2.05) is 6.92 Å². The summed E-state index contributed by atoms with van der Waals surface area (Å²) in [4.78, 5) is 22.7. The van der Waals surface area contributed by atoms with E-state index in [1.165, 1.54) is 6.20 Å². The van der Waals surface area contributed by atoms with Gasteiger partial charge in [0.25, 0.3) is 0 Å². The molecular weight excluding hydrogens is 236 g/mol. The first-order chi connectivity index (χ1) is 8.54. The van der Waals surface area contributed by atoms with Gasteiger partial charge in [0.1, 0.15) is 5.56 Å². The van der Waals surface area contributed by atoms with Gasteiger partial charge in [-0.1, -0.05) is 0 Å². The molecular formula is C12H16N2O4. The zero-order valence-corrected chi connectivity index (χ0v) is 10.4. The van der Waals surface area contributed by atoms with Gasteiger partial charge in [0.15, 0.2) is 5.69 Å². The standard InChI is InChI=1S/C12H16N2O4/c1-3-18-12(17)10-9(11(15)16)6-14(13-10)7(2)8-4-5-8/h6-8H,3-5H2,1-2H3,(H,15,16). The Morgan fingerprint density at radius 3 is 2.78 bits per heavy atom. The number of hydrogen-bond donors (Lipinski definition) is 1. The summed E-state index contributed by atoms with van der Waals surface area (Å²) in [6.07, 6.45) is 3.66. The van der Waals surface area contributed by atoms with Crippen LogP contribution in [0, 0.1) is 5.92 Å². The number of rotatable bonds is 5. The van der Waals surface area contributed by atoms with Crippen molar-refractivity contribution in [2.24, 2.45) is 5.92 Å². The van der Waals surface area contributed by atoms with Crippen molar-refractivity contribution in [3.8, 4) is 0 Å². The summed E-state index contributed by atoms with van der Waals surface area (Å²) in [7, 11) is 0. The fourth-order valence-corrected chi connectivity index (χ4v) is 1.90. The second-order valence-corrected chi connectivity index (χ2v) is 4.48. The smallest absolute Gasteiger partial charge is 0.359 e. The topological polar surface area (TPSA) is 81.4 Å². The molecule has 1 N–H and O–H groups in total. The molecule has 0 amide bonds. The van der Waals surface area contributed by atoms with E-state index < -0.39 is 11.9 Å². The maximum atomic E-state index is 11.6. The molecule has 1 heterocycles. The van der Waals surface area contributed by atoms with E-state index in [9.17, 15) is 9.59 Å². The molecule has 0 bridgehead atoms. The number of carboxylic acids is 1. The molecule has 0 aliphatic heterocycles. The van der Waals surface area contributed by atoms with E-state index in [-0.39, 0.29) is 23.9 Å². The summed E-state index contributed by atoms with van der Waals surface area (Å²) in [6, 6.07) is 0.117. The van der Waals surface area contributed by atoms with Crippen molar-refractivity contribution in [1.29, 1.82) is 0 Å². The van der Waals surface area contributed by atoms with Crippen LogP contribution in [0.5, 0.6) is 0 Å². The maximum absolute atomic E-state index is 11.6. The van der Waals surface area contributed by atoms with E-state index in [1.54, 1.807) is 11.6 Å². The van der Waals surface area contributed by atoms with Crippen LogP contribution in [-0.4, -0.2) is 33.4 Å². The minimum Gasteiger partial charge on any atom is -0.478 e. The molecule has 0 radical (unpaired) electrons. The molecule has 1 aliphatic carbocycles. The van der Waals surface area contributed by atoms with Crippen LogP contribution in [-0.2, 0) is 4.74 Å². The summed E-state index contributed by atoms with van der Waals surface area (Å²) >= 11 is 0. The molecule has 2 rings (SSSR count). The summed E-state index contributed by atoms with van der Waals surface area (Å²) in [5.74, 6) is -1.31. The van der Waals surface area contributed by atoms with E-state index in [0.29, 0.717) is 5.92 Å². The van der Waals surface area contributed by atoms with Crippen LogP contribution in [0.1, 0.15) is 53.6 Å².